The van der Waals surface area contributed by atoms with Crippen LogP contribution in [0.25, 0.3) is 0 Å². The molecule has 18 heavy (non-hydrogen) atoms. The van der Waals surface area contributed by atoms with E-state index in [-0.39, 0.29) is 0 Å². The molecule has 0 saturated carbocycles. The molecule has 0 aliphatic heterocycles. The van der Waals surface area contributed by atoms with E-state index in [9.17, 15) is 5.11 Å². The summed E-state index contributed by atoms with van der Waals surface area (Å²) in [5, 5.41) is 13.7. The van der Waals surface area contributed by atoms with Gasteiger partial charge in [0.2, 0.25) is 0 Å². The van der Waals surface area contributed by atoms with Crippen molar-refractivity contribution in [2.24, 2.45) is 0 Å². The van der Waals surface area contributed by atoms with Gasteiger partial charge in [-0.05, 0) is 19.9 Å². The predicted molar refractivity (Wildman–Crippen MR) is 67.1 cm³/mol. The largest absolute Gasteiger partial charge is 0.485 e. The van der Waals surface area contributed by atoms with E-state index in [4.69, 9.17) is 4.74 Å². The summed E-state index contributed by atoms with van der Waals surface area (Å²) in [5.74, 6) is 1.45. The highest BCUT2D eigenvalue weighted by Gasteiger charge is 2.10. The van der Waals surface area contributed by atoms with E-state index in [0.717, 1.165) is 17.9 Å². The van der Waals surface area contributed by atoms with E-state index in [2.05, 4.69) is 10.1 Å². The van der Waals surface area contributed by atoms with Crippen LogP contribution in [0.4, 0.5) is 0 Å². The standard InChI is InChI=1S/C13H17N3O2/c1-3-16-13(14-9-15-16)8-18-12-7-5-4-6-11(12)10(2)17/h4-7,9-10,17H,3,8H2,1-2H3/t10-/m0/s1. The Kier molecular flexibility index (Phi) is 3.94. The Hall–Kier alpha value is -1.88. The topological polar surface area (TPSA) is 60.2 Å². The van der Waals surface area contributed by atoms with Crippen LogP contribution in [0, 0.1) is 0 Å². The van der Waals surface area contributed by atoms with Gasteiger partial charge >= 0.3 is 0 Å². The summed E-state index contributed by atoms with van der Waals surface area (Å²) < 4.78 is 7.48. The van der Waals surface area contributed by atoms with Crippen molar-refractivity contribution in [2.75, 3.05) is 0 Å². The lowest BCUT2D eigenvalue weighted by molar-refractivity contribution is 0.189. The third-order valence-corrected chi connectivity index (χ3v) is 2.72. The third kappa shape index (κ3) is 2.68. The summed E-state index contributed by atoms with van der Waals surface area (Å²) in [7, 11) is 0. The molecule has 1 aromatic heterocycles. The fourth-order valence-corrected chi connectivity index (χ4v) is 1.76. The first-order chi connectivity index (χ1) is 8.72. The van der Waals surface area contributed by atoms with Gasteiger partial charge in [-0.1, -0.05) is 18.2 Å². The SMILES string of the molecule is CCn1ncnc1COc1ccccc1[C@H](C)O. The van der Waals surface area contributed by atoms with E-state index in [1.54, 1.807) is 11.6 Å². The minimum atomic E-state index is -0.551. The van der Waals surface area contributed by atoms with Gasteiger partial charge in [0.1, 0.15) is 18.7 Å². The zero-order valence-electron chi connectivity index (χ0n) is 10.6. The number of nitrogens with zero attached hydrogens (tertiary/aromatic N) is 3. The number of hydrogen-bond acceptors (Lipinski definition) is 4. The molecule has 1 aromatic carbocycles. The number of aliphatic hydroxyl groups is 1. The highest BCUT2D eigenvalue weighted by Crippen LogP contribution is 2.25. The Bertz CT molecular complexity index is 508. The minimum absolute atomic E-state index is 0.345. The molecule has 0 radical (unpaired) electrons. The Morgan fingerprint density at radius 1 is 1.39 bits per heavy atom. The zero-order valence-corrected chi connectivity index (χ0v) is 10.6. The Morgan fingerprint density at radius 2 is 2.17 bits per heavy atom. The van der Waals surface area contributed by atoms with Gasteiger partial charge in [-0.3, -0.25) is 0 Å². The van der Waals surface area contributed by atoms with E-state index in [1.807, 2.05) is 31.2 Å². The molecule has 5 nitrogen and oxygen atoms in total. The van der Waals surface area contributed by atoms with E-state index in [0.29, 0.717) is 12.4 Å². The van der Waals surface area contributed by atoms with Crippen LogP contribution < -0.4 is 4.74 Å². The second-order valence-corrected chi connectivity index (χ2v) is 3.99. The molecule has 0 spiro atoms. The molecule has 2 rings (SSSR count). The molecule has 1 N–H and O–H groups in total. The molecule has 0 saturated heterocycles. The minimum Gasteiger partial charge on any atom is -0.485 e. The number of hydrogen-bond donors (Lipinski definition) is 1. The monoisotopic (exact) mass is 247 g/mol. The van der Waals surface area contributed by atoms with Crippen LogP contribution in [-0.2, 0) is 13.2 Å². The summed E-state index contributed by atoms with van der Waals surface area (Å²) in [4.78, 5) is 4.14. The van der Waals surface area contributed by atoms with Gasteiger partial charge in [-0.2, -0.15) is 5.10 Å². The van der Waals surface area contributed by atoms with E-state index >= 15 is 0 Å². The van der Waals surface area contributed by atoms with Crippen LogP contribution in [0.15, 0.2) is 30.6 Å². The first-order valence-electron chi connectivity index (χ1n) is 5.98. The van der Waals surface area contributed by atoms with Gasteiger partial charge in [0.05, 0.1) is 6.10 Å². The third-order valence-electron chi connectivity index (χ3n) is 2.72. The summed E-state index contributed by atoms with van der Waals surface area (Å²) >= 11 is 0. The number of para-hydroxylation sites is 1. The maximum Gasteiger partial charge on any atom is 0.164 e. The average molecular weight is 247 g/mol. The molecule has 0 bridgehead atoms. The first-order valence-corrected chi connectivity index (χ1v) is 5.98. The van der Waals surface area contributed by atoms with Crippen molar-refractivity contribution in [1.29, 1.82) is 0 Å². The van der Waals surface area contributed by atoms with Crippen LogP contribution in [0.3, 0.4) is 0 Å². The van der Waals surface area contributed by atoms with Gasteiger partial charge in [-0.15, -0.1) is 0 Å². The second kappa shape index (κ2) is 5.64. The molecule has 0 fully saturated rings. The molecule has 0 amide bonds. The molecule has 96 valence electrons. The lowest BCUT2D eigenvalue weighted by Crippen LogP contribution is -2.08. The molecule has 0 aliphatic rings. The van der Waals surface area contributed by atoms with Gasteiger partial charge in [0.15, 0.2) is 5.82 Å². The van der Waals surface area contributed by atoms with Gasteiger partial charge in [0, 0.05) is 12.1 Å². The number of aryl methyl sites for hydroxylation is 1. The molecule has 1 heterocycles. The van der Waals surface area contributed by atoms with Crippen molar-refractivity contribution in [2.45, 2.75) is 33.1 Å². The highest BCUT2D eigenvalue weighted by molar-refractivity contribution is 5.34. The summed E-state index contributed by atoms with van der Waals surface area (Å²) in [6.07, 6.45) is 0.966. The van der Waals surface area contributed by atoms with Crippen LogP contribution in [0.5, 0.6) is 5.75 Å². The zero-order chi connectivity index (χ0) is 13.0. The van der Waals surface area contributed by atoms with Crippen molar-refractivity contribution in [3.8, 4) is 5.75 Å². The van der Waals surface area contributed by atoms with Crippen molar-refractivity contribution in [1.82, 2.24) is 14.8 Å². The lowest BCUT2D eigenvalue weighted by Gasteiger charge is -2.13. The number of benzene rings is 1. The van der Waals surface area contributed by atoms with E-state index in [1.165, 1.54) is 6.33 Å². The van der Waals surface area contributed by atoms with Gasteiger partial charge in [0.25, 0.3) is 0 Å². The van der Waals surface area contributed by atoms with Crippen molar-refractivity contribution in [3.05, 3.63) is 42.0 Å². The fraction of sp³-hybridized carbons (Fsp3) is 0.385. The lowest BCUT2D eigenvalue weighted by atomic mass is 10.1. The predicted octanol–water partition coefficient (Wildman–Crippen LogP) is 1.93. The molecule has 5 heteroatoms. The number of rotatable bonds is 5. The second-order valence-electron chi connectivity index (χ2n) is 3.99. The molecular formula is C13H17N3O2. The fourth-order valence-electron chi connectivity index (χ4n) is 1.76. The smallest absolute Gasteiger partial charge is 0.164 e. The van der Waals surface area contributed by atoms with Crippen LogP contribution in [-0.4, -0.2) is 19.9 Å². The van der Waals surface area contributed by atoms with Crippen LogP contribution >= 0.6 is 0 Å². The summed E-state index contributed by atoms with van der Waals surface area (Å²) in [5.41, 5.74) is 0.778. The number of aliphatic hydroxyl groups excluding tert-OH is 1. The van der Waals surface area contributed by atoms with Crippen LogP contribution in [0.2, 0.25) is 0 Å². The first kappa shape index (κ1) is 12.6. The summed E-state index contributed by atoms with van der Waals surface area (Å²) in [6, 6.07) is 7.45. The highest BCUT2D eigenvalue weighted by atomic mass is 16.5. The average Bonchev–Trinajstić information content (AvgIpc) is 2.84. The van der Waals surface area contributed by atoms with Gasteiger partial charge < -0.3 is 9.84 Å². The number of ether oxygens (including phenoxy) is 1. The molecular weight excluding hydrogens is 230 g/mol. The van der Waals surface area contributed by atoms with Crippen LogP contribution in [0.1, 0.15) is 31.3 Å². The maximum absolute atomic E-state index is 9.65. The van der Waals surface area contributed by atoms with Gasteiger partial charge in [-0.25, -0.2) is 9.67 Å². The van der Waals surface area contributed by atoms with Crippen molar-refractivity contribution < 1.29 is 9.84 Å². The molecule has 2 aromatic rings. The Balaban J connectivity index is 2.11. The Morgan fingerprint density at radius 3 is 2.89 bits per heavy atom. The quantitative estimate of drug-likeness (QED) is 0.877. The number of aromatic nitrogens is 3. The normalized spacial score (nSPS) is 12.4. The Labute approximate surface area is 106 Å². The molecule has 0 unspecified atom stereocenters. The summed E-state index contributed by atoms with van der Waals surface area (Å²) in [6.45, 7) is 4.83. The molecule has 0 aliphatic carbocycles. The maximum atomic E-state index is 9.65. The van der Waals surface area contributed by atoms with Crippen molar-refractivity contribution in [3.63, 3.8) is 0 Å². The van der Waals surface area contributed by atoms with Crippen molar-refractivity contribution >= 4 is 0 Å². The molecule has 1 atom stereocenters. The van der Waals surface area contributed by atoms with E-state index < -0.39 is 6.10 Å².